The number of nitrogens with two attached hydrogens (primary N) is 1. The molecule has 3 amide bonds. The summed E-state index contributed by atoms with van der Waals surface area (Å²) in [5.41, 5.74) is 7.48. The molecule has 0 aliphatic heterocycles. The van der Waals surface area contributed by atoms with E-state index in [0.717, 1.165) is 11.1 Å². The lowest BCUT2D eigenvalue weighted by molar-refractivity contribution is -0.120. The molecule has 0 radical (unpaired) electrons. The summed E-state index contributed by atoms with van der Waals surface area (Å²) >= 11 is 5.80. The van der Waals surface area contributed by atoms with Gasteiger partial charge in [0.1, 0.15) is 0 Å². The standard InChI is InChI=1S/C16H16ClN3O2/c17-13-5-1-11(2-6-13)9-15(21)19-10-12-3-7-14(8-4-12)20-16(18)22/h1-8H,9-10H2,(H,19,21)(H3,18,20,22). The number of nitrogens with one attached hydrogen (secondary N) is 2. The van der Waals surface area contributed by atoms with Crippen LogP contribution in [0.3, 0.4) is 0 Å². The smallest absolute Gasteiger partial charge is 0.316 e. The molecule has 2 aromatic rings. The molecule has 0 bridgehead atoms. The zero-order valence-corrected chi connectivity index (χ0v) is 12.6. The van der Waals surface area contributed by atoms with Crippen LogP contribution < -0.4 is 16.4 Å². The number of benzene rings is 2. The van der Waals surface area contributed by atoms with Gasteiger partial charge in [-0.15, -0.1) is 0 Å². The first kappa shape index (κ1) is 15.9. The number of hydrogen-bond donors (Lipinski definition) is 3. The van der Waals surface area contributed by atoms with Crippen molar-refractivity contribution in [3.63, 3.8) is 0 Å². The van der Waals surface area contributed by atoms with Crippen molar-refractivity contribution in [3.05, 3.63) is 64.7 Å². The number of urea groups is 1. The molecular formula is C16H16ClN3O2. The first-order valence-corrected chi connectivity index (χ1v) is 7.07. The molecule has 0 aromatic heterocycles. The van der Waals surface area contributed by atoms with Gasteiger partial charge in [-0.1, -0.05) is 35.9 Å². The van der Waals surface area contributed by atoms with E-state index < -0.39 is 6.03 Å². The minimum Gasteiger partial charge on any atom is -0.352 e. The van der Waals surface area contributed by atoms with Crippen molar-refractivity contribution in [2.24, 2.45) is 5.73 Å². The molecule has 0 saturated carbocycles. The Kier molecular flexibility index (Phi) is 5.38. The maximum absolute atomic E-state index is 11.9. The van der Waals surface area contributed by atoms with E-state index in [9.17, 15) is 9.59 Å². The van der Waals surface area contributed by atoms with Gasteiger partial charge in [-0.05, 0) is 35.4 Å². The maximum atomic E-state index is 11.9. The van der Waals surface area contributed by atoms with Gasteiger partial charge in [-0.2, -0.15) is 0 Å². The normalized spacial score (nSPS) is 10.0. The molecule has 22 heavy (non-hydrogen) atoms. The predicted molar refractivity (Wildman–Crippen MR) is 86.7 cm³/mol. The van der Waals surface area contributed by atoms with Crippen LogP contribution in [0.25, 0.3) is 0 Å². The number of primary amides is 1. The SMILES string of the molecule is NC(=O)Nc1ccc(CNC(=O)Cc2ccc(Cl)cc2)cc1. The van der Waals surface area contributed by atoms with Crippen LogP contribution in [0.5, 0.6) is 0 Å². The molecule has 2 aromatic carbocycles. The van der Waals surface area contributed by atoms with E-state index in [2.05, 4.69) is 10.6 Å². The summed E-state index contributed by atoms with van der Waals surface area (Å²) in [4.78, 5) is 22.6. The van der Waals surface area contributed by atoms with Crippen molar-refractivity contribution < 1.29 is 9.59 Å². The molecule has 5 nitrogen and oxygen atoms in total. The van der Waals surface area contributed by atoms with E-state index in [4.69, 9.17) is 17.3 Å². The average molecular weight is 318 g/mol. The summed E-state index contributed by atoms with van der Waals surface area (Å²) in [7, 11) is 0. The van der Waals surface area contributed by atoms with E-state index in [0.29, 0.717) is 23.7 Å². The molecule has 0 spiro atoms. The number of hydrogen-bond acceptors (Lipinski definition) is 2. The topological polar surface area (TPSA) is 84.2 Å². The molecule has 0 unspecified atom stereocenters. The third-order valence-electron chi connectivity index (χ3n) is 2.99. The fourth-order valence-electron chi connectivity index (χ4n) is 1.90. The highest BCUT2D eigenvalue weighted by Gasteiger charge is 2.04. The molecule has 0 aliphatic carbocycles. The van der Waals surface area contributed by atoms with Crippen molar-refractivity contribution in [1.82, 2.24) is 5.32 Å². The number of halogens is 1. The molecular weight excluding hydrogens is 302 g/mol. The van der Waals surface area contributed by atoms with Crippen LogP contribution in [-0.2, 0) is 17.8 Å². The molecule has 6 heteroatoms. The largest absolute Gasteiger partial charge is 0.352 e. The number of carbonyl (C=O) groups excluding carboxylic acids is 2. The zero-order valence-electron chi connectivity index (χ0n) is 11.8. The maximum Gasteiger partial charge on any atom is 0.316 e. The minimum atomic E-state index is -0.607. The van der Waals surface area contributed by atoms with Crippen molar-refractivity contribution in [2.75, 3.05) is 5.32 Å². The quantitative estimate of drug-likeness (QED) is 0.792. The van der Waals surface area contributed by atoms with Gasteiger partial charge in [0.25, 0.3) is 0 Å². The second kappa shape index (κ2) is 7.47. The van der Waals surface area contributed by atoms with Crippen LogP contribution in [0.4, 0.5) is 10.5 Å². The molecule has 0 aliphatic rings. The van der Waals surface area contributed by atoms with Gasteiger partial charge < -0.3 is 16.4 Å². The predicted octanol–water partition coefficient (Wildman–Crippen LogP) is 2.69. The summed E-state index contributed by atoms with van der Waals surface area (Å²) < 4.78 is 0. The zero-order chi connectivity index (χ0) is 15.9. The highest BCUT2D eigenvalue weighted by Crippen LogP contribution is 2.11. The Hall–Kier alpha value is -2.53. The van der Waals surface area contributed by atoms with E-state index >= 15 is 0 Å². The Balaban J connectivity index is 1.83. The molecule has 0 heterocycles. The number of anilines is 1. The Morgan fingerprint density at radius 1 is 0.955 bits per heavy atom. The van der Waals surface area contributed by atoms with Crippen molar-refractivity contribution in [3.8, 4) is 0 Å². The lowest BCUT2D eigenvalue weighted by atomic mass is 10.1. The van der Waals surface area contributed by atoms with Crippen LogP contribution >= 0.6 is 11.6 Å². The number of carbonyl (C=O) groups is 2. The monoisotopic (exact) mass is 317 g/mol. The molecule has 4 N–H and O–H groups in total. The van der Waals surface area contributed by atoms with Crippen LogP contribution in [0.15, 0.2) is 48.5 Å². The average Bonchev–Trinajstić information content (AvgIpc) is 2.48. The van der Waals surface area contributed by atoms with Gasteiger partial charge in [0.2, 0.25) is 5.91 Å². The van der Waals surface area contributed by atoms with Gasteiger partial charge in [-0.3, -0.25) is 4.79 Å². The molecule has 0 saturated heterocycles. The number of rotatable bonds is 5. The van der Waals surface area contributed by atoms with Crippen LogP contribution in [0.2, 0.25) is 5.02 Å². The van der Waals surface area contributed by atoms with Gasteiger partial charge in [0.05, 0.1) is 6.42 Å². The number of amides is 3. The molecule has 0 atom stereocenters. The van der Waals surface area contributed by atoms with Crippen molar-refractivity contribution >= 4 is 29.2 Å². The Morgan fingerprint density at radius 3 is 2.14 bits per heavy atom. The summed E-state index contributed by atoms with van der Waals surface area (Å²) in [5, 5.41) is 5.96. The second-order valence-corrected chi connectivity index (χ2v) is 5.20. The highest BCUT2D eigenvalue weighted by molar-refractivity contribution is 6.30. The van der Waals surface area contributed by atoms with E-state index in [1.165, 1.54) is 0 Å². The highest BCUT2D eigenvalue weighted by atomic mass is 35.5. The Labute approximate surface area is 133 Å². The third-order valence-corrected chi connectivity index (χ3v) is 3.24. The van der Waals surface area contributed by atoms with Gasteiger partial charge in [0.15, 0.2) is 0 Å². The van der Waals surface area contributed by atoms with E-state index in [1.54, 1.807) is 24.3 Å². The van der Waals surface area contributed by atoms with Crippen LogP contribution in [0, 0.1) is 0 Å². The fraction of sp³-hybridized carbons (Fsp3) is 0.125. The van der Waals surface area contributed by atoms with Gasteiger partial charge >= 0.3 is 6.03 Å². The van der Waals surface area contributed by atoms with Crippen molar-refractivity contribution in [1.29, 1.82) is 0 Å². The first-order chi connectivity index (χ1) is 10.5. The van der Waals surface area contributed by atoms with Gasteiger partial charge in [0, 0.05) is 17.3 Å². The van der Waals surface area contributed by atoms with Gasteiger partial charge in [-0.25, -0.2) is 4.79 Å². The van der Waals surface area contributed by atoms with E-state index in [1.807, 2.05) is 24.3 Å². The summed E-state index contributed by atoms with van der Waals surface area (Å²) in [6.07, 6.45) is 0.304. The van der Waals surface area contributed by atoms with Crippen LogP contribution in [0.1, 0.15) is 11.1 Å². The molecule has 114 valence electrons. The summed E-state index contributed by atoms with van der Waals surface area (Å²) in [5.74, 6) is -0.0679. The third kappa shape index (κ3) is 5.10. The first-order valence-electron chi connectivity index (χ1n) is 6.69. The summed E-state index contributed by atoms with van der Waals surface area (Å²) in [6, 6.07) is 13.6. The fourth-order valence-corrected chi connectivity index (χ4v) is 2.02. The Bertz CT molecular complexity index is 654. The summed E-state index contributed by atoms with van der Waals surface area (Å²) in [6.45, 7) is 0.420. The minimum absolute atomic E-state index is 0.0679. The van der Waals surface area contributed by atoms with Crippen LogP contribution in [-0.4, -0.2) is 11.9 Å². The molecule has 2 rings (SSSR count). The lowest BCUT2D eigenvalue weighted by Crippen LogP contribution is -2.24. The molecule has 0 fully saturated rings. The van der Waals surface area contributed by atoms with Crippen molar-refractivity contribution in [2.45, 2.75) is 13.0 Å². The Morgan fingerprint density at radius 2 is 1.55 bits per heavy atom. The second-order valence-electron chi connectivity index (χ2n) is 4.77. The lowest BCUT2D eigenvalue weighted by Gasteiger charge is -2.07. The van der Waals surface area contributed by atoms with E-state index in [-0.39, 0.29) is 5.91 Å².